The fourth-order valence-corrected chi connectivity index (χ4v) is 6.51. The third kappa shape index (κ3) is 1.63. The van der Waals surface area contributed by atoms with E-state index in [1.54, 1.807) is 6.08 Å². The van der Waals surface area contributed by atoms with Crippen molar-refractivity contribution in [1.82, 2.24) is 4.90 Å². The first-order valence-corrected chi connectivity index (χ1v) is 8.87. The highest BCUT2D eigenvalue weighted by atomic mass is 16.2. The molecular weight excluding hydrogens is 274 g/mol. The first kappa shape index (κ1) is 14.5. The van der Waals surface area contributed by atoms with E-state index in [4.69, 9.17) is 0 Å². The second-order valence-corrected chi connectivity index (χ2v) is 8.54. The minimum absolute atomic E-state index is 0.0511. The lowest BCUT2D eigenvalue weighted by molar-refractivity contribution is -0.141. The molecule has 6 atom stereocenters. The summed E-state index contributed by atoms with van der Waals surface area (Å²) in [5.41, 5.74) is 0.0447. The number of carbonyl (C=O) groups excluding carboxylic acids is 2. The Balaban J connectivity index is 1.71. The summed E-state index contributed by atoms with van der Waals surface area (Å²) in [6, 6.07) is 0.340. The Morgan fingerprint density at radius 3 is 2.64 bits per heavy atom. The molecule has 0 aromatic carbocycles. The molecule has 1 heterocycles. The zero-order chi connectivity index (χ0) is 15.7. The van der Waals surface area contributed by atoms with Crippen LogP contribution in [0.1, 0.15) is 52.4 Å². The predicted octanol–water partition coefficient (Wildman–Crippen LogP) is 3.19. The van der Waals surface area contributed by atoms with Gasteiger partial charge in [0.05, 0.1) is 0 Å². The Kier molecular flexibility index (Phi) is 2.93. The van der Waals surface area contributed by atoms with Gasteiger partial charge in [0, 0.05) is 30.3 Å². The van der Waals surface area contributed by atoms with Gasteiger partial charge in [-0.25, -0.2) is 0 Å². The van der Waals surface area contributed by atoms with Gasteiger partial charge >= 0.3 is 0 Å². The topological polar surface area (TPSA) is 37.4 Å². The van der Waals surface area contributed by atoms with E-state index in [0.29, 0.717) is 29.6 Å². The van der Waals surface area contributed by atoms with E-state index in [-0.39, 0.29) is 16.7 Å². The van der Waals surface area contributed by atoms with Gasteiger partial charge in [-0.3, -0.25) is 9.59 Å². The monoisotopic (exact) mass is 301 g/mol. The summed E-state index contributed by atoms with van der Waals surface area (Å²) in [6.07, 6.45) is 10.3. The number of Topliss-reactive ketones (excluding diaryl/α,β-unsaturated/α-hetero) is 1. The first-order valence-electron chi connectivity index (χ1n) is 8.87. The van der Waals surface area contributed by atoms with Crippen LogP contribution in [-0.4, -0.2) is 29.7 Å². The summed E-state index contributed by atoms with van der Waals surface area (Å²) >= 11 is 0. The molecule has 3 nitrogen and oxygen atoms in total. The number of likely N-dealkylation sites (N-methyl/N-ethyl adjacent to an activating group) is 1. The van der Waals surface area contributed by atoms with E-state index in [1.807, 2.05) is 11.9 Å². The number of rotatable bonds is 0. The molecule has 4 rings (SSSR count). The van der Waals surface area contributed by atoms with Gasteiger partial charge < -0.3 is 4.90 Å². The zero-order valence-corrected chi connectivity index (χ0v) is 14.0. The Hall–Kier alpha value is -1.12. The molecule has 4 aliphatic rings. The zero-order valence-electron chi connectivity index (χ0n) is 14.0. The predicted molar refractivity (Wildman–Crippen MR) is 85.1 cm³/mol. The lowest BCUT2D eigenvalue weighted by Crippen LogP contribution is -2.59. The van der Waals surface area contributed by atoms with Crippen LogP contribution in [0.5, 0.6) is 0 Å². The molecule has 3 aliphatic carbocycles. The summed E-state index contributed by atoms with van der Waals surface area (Å²) in [7, 11) is 1.96. The van der Waals surface area contributed by atoms with Crippen LogP contribution >= 0.6 is 0 Å². The quantitative estimate of drug-likeness (QED) is 0.689. The lowest BCUT2D eigenvalue weighted by Gasteiger charge is -2.59. The van der Waals surface area contributed by atoms with Crippen molar-refractivity contribution in [3.63, 3.8) is 0 Å². The molecule has 120 valence electrons. The molecule has 3 unspecified atom stereocenters. The molecule has 0 spiro atoms. The van der Waals surface area contributed by atoms with E-state index in [9.17, 15) is 9.59 Å². The maximum absolute atomic E-state index is 12.4. The van der Waals surface area contributed by atoms with Crippen LogP contribution in [0.3, 0.4) is 0 Å². The van der Waals surface area contributed by atoms with Crippen molar-refractivity contribution in [3.05, 3.63) is 12.2 Å². The smallest absolute Gasteiger partial charge is 0.246 e. The maximum Gasteiger partial charge on any atom is 0.246 e. The van der Waals surface area contributed by atoms with Gasteiger partial charge in [0.15, 0.2) is 0 Å². The fraction of sp³-hybridized carbons (Fsp3) is 0.789. The summed E-state index contributed by atoms with van der Waals surface area (Å²) < 4.78 is 0. The Morgan fingerprint density at radius 1 is 1.09 bits per heavy atom. The van der Waals surface area contributed by atoms with Crippen LogP contribution in [0.15, 0.2) is 12.2 Å². The fourth-order valence-electron chi connectivity index (χ4n) is 6.51. The molecule has 0 radical (unpaired) electrons. The Bertz CT molecular complexity index is 568. The highest BCUT2D eigenvalue weighted by molar-refractivity contribution is 5.89. The van der Waals surface area contributed by atoms with Crippen molar-refractivity contribution in [2.45, 2.75) is 58.4 Å². The van der Waals surface area contributed by atoms with Crippen LogP contribution in [0.25, 0.3) is 0 Å². The molecule has 0 bridgehead atoms. The highest BCUT2D eigenvalue weighted by Gasteiger charge is 2.60. The van der Waals surface area contributed by atoms with Crippen LogP contribution in [0, 0.1) is 28.6 Å². The van der Waals surface area contributed by atoms with Crippen LogP contribution in [-0.2, 0) is 9.59 Å². The van der Waals surface area contributed by atoms with E-state index in [0.717, 1.165) is 32.1 Å². The molecule has 0 aromatic rings. The number of hydrogen-bond donors (Lipinski definition) is 0. The molecule has 0 N–H and O–H groups in total. The van der Waals surface area contributed by atoms with Gasteiger partial charge in [-0.15, -0.1) is 0 Å². The van der Waals surface area contributed by atoms with Crippen LogP contribution < -0.4 is 0 Å². The number of fused-ring (bicyclic) bond motifs is 5. The second-order valence-electron chi connectivity index (χ2n) is 8.54. The number of amides is 1. The molecule has 3 heteroatoms. The Labute approximate surface area is 133 Å². The van der Waals surface area contributed by atoms with Gasteiger partial charge in [-0.1, -0.05) is 19.9 Å². The second kappa shape index (κ2) is 4.46. The van der Waals surface area contributed by atoms with E-state index in [1.165, 1.54) is 6.42 Å². The highest BCUT2D eigenvalue weighted by Crippen LogP contribution is 2.62. The van der Waals surface area contributed by atoms with Gasteiger partial charge in [0.2, 0.25) is 5.91 Å². The average molecular weight is 301 g/mol. The largest absolute Gasteiger partial charge is 0.338 e. The van der Waals surface area contributed by atoms with E-state index in [2.05, 4.69) is 19.9 Å². The summed E-state index contributed by atoms with van der Waals surface area (Å²) in [4.78, 5) is 26.4. The van der Waals surface area contributed by atoms with Crippen molar-refractivity contribution >= 4 is 11.7 Å². The molecule has 0 saturated heterocycles. The molecule has 1 aliphatic heterocycles. The molecule has 0 aromatic heterocycles. The van der Waals surface area contributed by atoms with Gasteiger partial charge in [0.1, 0.15) is 5.78 Å². The van der Waals surface area contributed by atoms with Gasteiger partial charge in [-0.2, -0.15) is 0 Å². The van der Waals surface area contributed by atoms with Crippen LogP contribution in [0.4, 0.5) is 0 Å². The lowest BCUT2D eigenvalue weighted by atomic mass is 9.48. The third-order valence-corrected chi connectivity index (χ3v) is 7.84. The number of carbonyl (C=O) groups is 2. The SMILES string of the molecule is CN1C(=O)C=C[C@]2(C)C3CC[C@]4(C)C(=O)CC[C@H]4C3CCC12. The summed E-state index contributed by atoms with van der Waals surface area (Å²) in [5.74, 6) is 2.53. The molecule has 3 fully saturated rings. The van der Waals surface area contributed by atoms with Crippen molar-refractivity contribution in [2.75, 3.05) is 7.05 Å². The van der Waals surface area contributed by atoms with Crippen molar-refractivity contribution in [3.8, 4) is 0 Å². The average Bonchev–Trinajstić information content (AvgIpc) is 2.79. The third-order valence-electron chi connectivity index (χ3n) is 7.84. The number of ketones is 1. The van der Waals surface area contributed by atoms with E-state index >= 15 is 0 Å². The first-order chi connectivity index (χ1) is 10.4. The molecular formula is C19H27NO2. The standard InChI is InChI=1S/C19H27NO2/c1-18-11-9-17(22)20(3)15(18)6-4-12-13-5-7-16(21)19(13,2)10-8-14(12)18/h9,11-15H,4-8,10H2,1-3H3/t12?,13-,14?,15?,18+,19-/m0/s1. The number of hydrogen-bond acceptors (Lipinski definition) is 2. The molecule has 22 heavy (non-hydrogen) atoms. The van der Waals surface area contributed by atoms with Gasteiger partial charge in [0.25, 0.3) is 0 Å². The minimum Gasteiger partial charge on any atom is -0.338 e. The molecule has 1 amide bonds. The van der Waals surface area contributed by atoms with Crippen molar-refractivity contribution in [1.29, 1.82) is 0 Å². The summed E-state index contributed by atoms with van der Waals surface area (Å²) in [5, 5.41) is 0. The minimum atomic E-state index is -0.0511. The molecule has 3 saturated carbocycles. The number of nitrogens with zero attached hydrogens (tertiary/aromatic N) is 1. The maximum atomic E-state index is 12.4. The Morgan fingerprint density at radius 2 is 1.86 bits per heavy atom. The normalized spacial score (nSPS) is 50.6. The summed E-state index contributed by atoms with van der Waals surface area (Å²) in [6.45, 7) is 4.58. The van der Waals surface area contributed by atoms with E-state index < -0.39 is 0 Å². The van der Waals surface area contributed by atoms with Crippen molar-refractivity contribution in [2.24, 2.45) is 28.6 Å². The van der Waals surface area contributed by atoms with Crippen LogP contribution in [0.2, 0.25) is 0 Å². The van der Waals surface area contributed by atoms with Crippen molar-refractivity contribution < 1.29 is 9.59 Å². The van der Waals surface area contributed by atoms with Gasteiger partial charge in [-0.05, 0) is 55.9 Å².